The fourth-order valence-corrected chi connectivity index (χ4v) is 2.55. The van der Waals surface area contributed by atoms with Gasteiger partial charge in [-0.3, -0.25) is 0 Å². The third-order valence-corrected chi connectivity index (χ3v) is 3.91. The van der Waals surface area contributed by atoms with E-state index in [4.69, 9.17) is 0 Å². The second-order valence-electron chi connectivity index (χ2n) is 5.59. The molecule has 1 aliphatic carbocycles. The van der Waals surface area contributed by atoms with E-state index in [1.165, 1.54) is 16.7 Å². The van der Waals surface area contributed by atoms with Crippen molar-refractivity contribution in [3.05, 3.63) is 72.0 Å². The molecule has 0 heterocycles. The van der Waals surface area contributed by atoms with Gasteiger partial charge in [0.25, 0.3) is 0 Å². The van der Waals surface area contributed by atoms with Crippen molar-refractivity contribution in [1.82, 2.24) is 0 Å². The summed E-state index contributed by atoms with van der Waals surface area (Å²) in [6.45, 7) is 12.6. The van der Waals surface area contributed by atoms with Crippen molar-refractivity contribution >= 4 is 11.3 Å². The van der Waals surface area contributed by atoms with Gasteiger partial charge in [0.2, 0.25) is 0 Å². The third kappa shape index (κ3) is 3.98. The van der Waals surface area contributed by atoms with Gasteiger partial charge < -0.3 is 5.32 Å². The van der Waals surface area contributed by atoms with Gasteiger partial charge in [-0.05, 0) is 67.0 Å². The van der Waals surface area contributed by atoms with Crippen LogP contribution >= 0.6 is 0 Å². The standard InChI is InChI=1S/C20H25N/c1-5-15(2)19-13-12-18(14-17(19)4)21-20-11-9-7-6-8-10-16(20)3/h6,8,11-14,21H,2-3,5,7,9-10H2,1,4H3/b8-6-,20-11-. The first-order valence-electron chi connectivity index (χ1n) is 7.71. The second-order valence-corrected chi connectivity index (χ2v) is 5.59. The van der Waals surface area contributed by atoms with Crippen LogP contribution in [0, 0.1) is 6.92 Å². The normalized spacial score (nSPS) is 19.1. The maximum atomic E-state index is 4.18. The quantitative estimate of drug-likeness (QED) is 0.665. The highest BCUT2D eigenvalue weighted by Crippen LogP contribution is 2.25. The molecular weight excluding hydrogens is 254 g/mol. The Hall–Kier alpha value is -2.02. The van der Waals surface area contributed by atoms with Gasteiger partial charge in [0.05, 0.1) is 0 Å². The summed E-state index contributed by atoms with van der Waals surface area (Å²) in [5, 5.41) is 3.52. The highest BCUT2D eigenvalue weighted by Gasteiger charge is 2.06. The van der Waals surface area contributed by atoms with Gasteiger partial charge in [-0.25, -0.2) is 0 Å². The summed E-state index contributed by atoms with van der Waals surface area (Å²) < 4.78 is 0. The van der Waals surface area contributed by atoms with E-state index in [-0.39, 0.29) is 0 Å². The predicted molar refractivity (Wildman–Crippen MR) is 94.3 cm³/mol. The second kappa shape index (κ2) is 7.12. The van der Waals surface area contributed by atoms with Crippen LogP contribution in [0.1, 0.15) is 43.7 Å². The Labute approximate surface area is 128 Å². The average molecular weight is 279 g/mol. The van der Waals surface area contributed by atoms with Gasteiger partial charge in [-0.1, -0.05) is 44.4 Å². The molecule has 1 N–H and O–H groups in total. The summed E-state index contributed by atoms with van der Waals surface area (Å²) in [5.74, 6) is 0. The minimum Gasteiger partial charge on any atom is -0.356 e. The summed E-state index contributed by atoms with van der Waals surface area (Å²) in [6.07, 6.45) is 10.8. The van der Waals surface area contributed by atoms with Gasteiger partial charge in [0.15, 0.2) is 0 Å². The Bertz CT molecular complexity index is 602. The molecule has 1 aromatic rings. The zero-order valence-corrected chi connectivity index (χ0v) is 13.2. The average Bonchev–Trinajstić information content (AvgIpc) is 2.46. The Morgan fingerprint density at radius 2 is 2.05 bits per heavy atom. The van der Waals surface area contributed by atoms with E-state index >= 15 is 0 Å². The maximum Gasteiger partial charge on any atom is 0.0387 e. The fraction of sp³-hybridized carbons (Fsp3) is 0.300. The third-order valence-electron chi connectivity index (χ3n) is 3.91. The highest BCUT2D eigenvalue weighted by molar-refractivity contribution is 5.69. The molecule has 0 saturated heterocycles. The van der Waals surface area contributed by atoms with Crippen LogP contribution in [-0.2, 0) is 0 Å². The molecule has 1 aromatic carbocycles. The highest BCUT2D eigenvalue weighted by atomic mass is 14.9. The van der Waals surface area contributed by atoms with Crippen LogP contribution in [0.5, 0.6) is 0 Å². The monoisotopic (exact) mass is 279 g/mol. The molecule has 0 saturated carbocycles. The lowest BCUT2D eigenvalue weighted by Gasteiger charge is -2.16. The van der Waals surface area contributed by atoms with E-state index in [9.17, 15) is 0 Å². The first-order valence-corrected chi connectivity index (χ1v) is 7.71. The molecule has 2 rings (SSSR count). The number of aryl methyl sites for hydroxylation is 1. The number of allylic oxidation sites excluding steroid dienone is 5. The van der Waals surface area contributed by atoms with E-state index in [0.717, 1.165) is 42.6 Å². The number of nitrogens with one attached hydrogen (secondary N) is 1. The topological polar surface area (TPSA) is 12.0 Å². The Kier molecular flexibility index (Phi) is 5.21. The van der Waals surface area contributed by atoms with E-state index in [2.05, 4.69) is 68.7 Å². The largest absolute Gasteiger partial charge is 0.356 e. The molecule has 0 atom stereocenters. The number of hydrogen-bond acceptors (Lipinski definition) is 1. The summed E-state index contributed by atoms with van der Waals surface area (Å²) in [5.41, 5.74) is 7.14. The van der Waals surface area contributed by atoms with Crippen molar-refractivity contribution in [3.63, 3.8) is 0 Å². The molecule has 0 fully saturated rings. The molecule has 0 spiro atoms. The van der Waals surface area contributed by atoms with Gasteiger partial charge in [0.1, 0.15) is 0 Å². The van der Waals surface area contributed by atoms with E-state index in [0.29, 0.717) is 0 Å². The Morgan fingerprint density at radius 3 is 2.76 bits per heavy atom. The van der Waals surface area contributed by atoms with Gasteiger partial charge >= 0.3 is 0 Å². The SMILES string of the molecule is C=C1C/C=C\CC/C=C/1Nc1ccc(C(=C)CC)c(C)c1. The Balaban J connectivity index is 2.17. The molecule has 1 aliphatic rings. The van der Waals surface area contributed by atoms with Crippen LogP contribution in [0.25, 0.3) is 5.57 Å². The van der Waals surface area contributed by atoms with Crippen LogP contribution in [0.2, 0.25) is 0 Å². The van der Waals surface area contributed by atoms with E-state index in [1.54, 1.807) is 0 Å². The summed E-state index contributed by atoms with van der Waals surface area (Å²) in [6, 6.07) is 6.49. The zero-order chi connectivity index (χ0) is 15.2. The first kappa shape index (κ1) is 15.4. The lowest BCUT2D eigenvalue weighted by atomic mass is 9.99. The van der Waals surface area contributed by atoms with Crippen molar-refractivity contribution in [2.45, 2.75) is 39.5 Å². The summed E-state index contributed by atoms with van der Waals surface area (Å²) >= 11 is 0. The summed E-state index contributed by atoms with van der Waals surface area (Å²) in [7, 11) is 0. The molecule has 1 nitrogen and oxygen atoms in total. The molecule has 0 aliphatic heterocycles. The van der Waals surface area contributed by atoms with Crippen molar-refractivity contribution < 1.29 is 0 Å². The van der Waals surface area contributed by atoms with Crippen LogP contribution < -0.4 is 5.32 Å². The van der Waals surface area contributed by atoms with Gasteiger partial charge in [-0.2, -0.15) is 0 Å². The Morgan fingerprint density at radius 1 is 1.24 bits per heavy atom. The fourth-order valence-electron chi connectivity index (χ4n) is 2.55. The van der Waals surface area contributed by atoms with Crippen molar-refractivity contribution in [2.75, 3.05) is 5.32 Å². The molecule has 1 heteroatoms. The van der Waals surface area contributed by atoms with Crippen molar-refractivity contribution in [1.29, 1.82) is 0 Å². The molecule has 0 bridgehead atoms. The number of anilines is 1. The van der Waals surface area contributed by atoms with E-state index in [1.807, 2.05) is 0 Å². The number of hydrogen-bond donors (Lipinski definition) is 1. The van der Waals surface area contributed by atoms with Gasteiger partial charge in [-0.15, -0.1) is 0 Å². The minimum absolute atomic E-state index is 0.919. The lowest BCUT2D eigenvalue weighted by Crippen LogP contribution is -2.03. The lowest BCUT2D eigenvalue weighted by molar-refractivity contribution is 1.01. The smallest absolute Gasteiger partial charge is 0.0387 e. The molecular formula is C20H25N. The predicted octanol–water partition coefficient (Wildman–Crippen LogP) is 6.01. The zero-order valence-electron chi connectivity index (χ0n) is 13.2. The first-order chi connectivity index (χ1) is 10.1. The molecule has 21 heavy (non-hydrogen) atoms. The maximum absolute atomic E-state index is 4.18. The number of rotatable bonds is 4. The molecule has 110 valence electrons. The van der Waals surface area contributed by atoms with Crippen molar-refractivity contribution in [2.24, 2.45) is 0 Å². The summed E-state index contributed by atoms with van der Waals surface area (Å²) in [4.78, 5) is 0. The minimum atomic E-state index is 0.919. The van der Waals surface area contributed by atoms with Crippen LogP contribution in [-0.4, -0.2) is 0 Å². The van der Waals surface area contributed by atoms with Crippen LogP contribution in [0.4, 0.5) is 5.69 Å². The van der Waals surface area contributed by atoms with E-state index < -0.39 is 0 Å². The molecule has 0 unspecified atom stereocenters. The van der Waals surface area contributed by atoms with Crippen LogP contribution in [0.15, 0.2) is 60.9 Å². The number of benzene rings is 1. The van der Waals surface area contributed by atoms with Crippen molar-refractivity contribution in [3.8, 4) is 0 Å². The molecule has 0 aromatic heterocycles. The molecule has 0 radical (unpaired) electrons. The van der Waals surface area contributed by atoms with Crippen LogP contribution in [0.3, 0.4) is 0 Å². The van der Waals surface area contributed by atoms with Gasteiger partial charge in [0, 0.05) is 11.4 Å². The molecule has 0 amide bonds.